The van der Waals surface area contributed by atoms with Crippen molar-refractivity contribution in [2.45, 2.75) is 26.4 Å². The number of nitrogens with one attached hydrogen (secondary N) is 1. The summed E-state index contributed by atoms with van der Waals surface area (Å²) in [6, 6.07) is 12.0. The van der Waals surface area contributed by atoms with Crippen LogP contribution in [0.1, 0.15) is 28.4 Å². The lowest BCUT2D eigenvalue weighted by molar-refractivity contribution is -0.136. The molecule has 0 aliphatic heterocycles. The van der Waals surface area contributed by atoms with Crippen molar-refractivity contribution in [3.63, 3.8) is 0 Å². The maximum atomic E-state index is 12.7. The van der Waals surface area contributed by atoms with Gasteiger partial charge in [-0.15, -0.1) is 5.10 Å². The summed E-state index contributed by atoms with van der Waals surface area (Å²) in [7, 11) is 0. The lowest BCUT2D eigenvalue weighted by Crippen LogP contribution is -2.23. The van der Waals surface area contributed by atoms with Gasteiger partial charge in [-0.3, -0.25) is 14.3 Å². The Kier molecular flexibility index (Phi) is 8.57. The molecule has 0 bridgehead atoms. The summed E-state index contributed by atoms with van der Waals surface area (Å²) < 4.78 is 12.8. The summed E-state index contributed by atoms with van der Waals surface area (Å²) in [5.74, 6) is -0.586. The molecular weight excluding hydrogens is 469 g/mol. The minimum absolute atomic E-state index is 0.131. The number of benzene rings is 2. The summed E-state index contributed by atoms with van der Waals surface area (Å²) in [6.45, 7) is 2.92. The number of halogens is 2. The van der Waals surface area contributed by atoms with Gasteiger partial charge in [0.25, 0.3) is 5.91 Å². The van der Waals surface area contributed by atoms with E-state index in [2.05, 4.69) is 10.4 Å². The van der Waals surface area contributed by atoms with Gasteiger partial charge in [0.1, 0.15) is 17.9 Å². The van der Waals surface area contributed by atoms with Crippen LogP contribution >= 0.6 is 23.2 Å². The van der Waals surface area contributed by atoms with Gasteiger partial charge in [-0.1, -0.05) is 47.5 Å². The number of aliphatic carboxylic acids is 1. The molecule has 33 heavy (non-hydrogen) atoms. The van der Waals surface area contributed by atoms with Crippen LogP contribution < -0.4 is 14.8 Å². The maximum absolute atomic E-state index is 12.7. The Labute approximate surface area is 201 Å². The van der Waals surface area contributed by atoms with E-state index in [0.717, 1.165) is 5.56 Å². The number of carboxylic acids is 1. The zero-order valence-corrected chi connectivity index (χ0v) is 19.4. The standard InChI is InChI=1S/C23H23Cl2N3O5/c1-2-32-23-18(22(31)26-13-16-7-8-17(24)12-19(16)25)14-28(27-23)9-10-33-20-6-4-3-5-15(20)11-21(29)30/h3-8,12,14H,2,9-11,13H2,1H3,(H,26,31)(H,29,30). The SMILES string of the molecule is CCOc1nn(CCOc2ccccc2CC(=O)O)cc1C(=O)NCc1ccc(Cl)cc1Cl. The number of para-hydroxylation sites is 1. The van der Waals surface area contributed by atoms with E-state index in [4.69, 9.17) is 37.8 Å². The van der Waals surface area contributed by atoms with Crippen LogP contribution in [0, 0.1) is 0 Å². The smallest absolute Gasteiger partial charge is 0.307 e. The molecule has 0 saturated carbocycles. The zero-order valence-electron chi connectivity index (χ0n) is 17.9. The second-order valence-corrected chi connectivity index (χ2v) is 7.83. The highest BCUT2D eigenvalue weighted by Crippen LogP contribution is 2.22. The summed E-state index contributed by atoms with van der Waals surface area (Å²) >= 11 is 12.1. The Hall–Kier alpha value is -3.23. The van der Waals surface area contributed by atoms with Crippen LogP contribution in [0.2, 0.25) is 10.0 Å². The van der Waals surface area contributed by atoms with Crippen molar-refractivity contribution in [3.05, 3.63) is 75.4 Å². The average molecular weight is 492 g/mol. The molecule has 0 radical (unpaired) electrons. The van der Waals surface area contributed by atoms with Crippen molar-refractivity contribution in [2.75, 3.05) is 13.2 Å². The highest BCUT2D eigenvalue weighted by atomic mass is 35.5. The second-order valence-electron chi connectivity index (χ2n) is 6.99. The van der Waals surface area contributed by atoms with Crippen LogP contribution in [0.15, 0.2) is 48.7 Å². The van der Waals surface area contributed by atoms with Gasteiger partial charge in [-0.05, 0) is 30.7 Å². The summed E-state index contributed by atoms with van der Waals surface area (Å²) in [4.78, 5) is 23.8. The first-order valence-corrected chi connectivity index (χ1v) is 11.0. The van der Waals surface area contributed by atoms with E-state index < -0.39 is 5.97 Å². The summed E-state index contributed by atoms with van der Waals surface area (Å²) in [6.07, 6.45) is 1.45. The van der Waals surface area contributed by atoms with E-state index in [1.165, 1.54) is 0 Å². The number of nitrogens with zero attached hydrogens (tertiary/aromatic N) is 2. The number of aromatic nitrogens is 2. The predicted molar refractivity (Wildman–Crippen MR) is 124 cm³/mol. The molecule has 10 heteroatoms. The lowest BCUT2D eigenvalue weighted by atomic mass is 10.1. The average Bonchev–Trinajstić information content (AvgIpc) is 3.17. The van der Waals surface area contributed by atoms with Crippen LogP contribution in [0.5, 0.6) is 11.6 Å². The molecule has 0 unspecified atom stereocenters. The Morgan fingerprint density at radius 3 is 2.64 bits per heavy atom. The highest BCUT2D eigenvalue weighted by molar-refractivity contribution is 6.35. The number of rotatable bonds is 11. The first-order valence-electron chi connectivity index (χ1n) is 10.2. The van der Waals surface area contributed by atoms with Gasteiger partial charge < -0.3 is 19.9 Å². The van der Waals surface area contributed by atoms with Gasteiger partial charge in [-0.2, -0.15) is 0 Å². The third-order valence-electron chi connectivity index (χ3n) is 4.60. The molecule has 0 aliphatic rings. The van der Waals surface area contributed by atoms with Crippen LogP contribution in [-0.4, -0.2) is 40.0 Å². The van der Waals surface area contributed by atoms with Gasteiger partial charge >= 0.3 is 5.97 Å². The third kappa shape index (κ3) is 6.87. The van der Waals surface area contributed by atoms with Gasteiger partial charge in [0, 0.05) is 28.4 Å². The number of hydrogen-bond acceptors (Lipinski definition) is 5. The van der Waals surface area contributed by atoms with Crippen molar-refractivity contribution in [3.8, 4) is 11.6 Å². The molecule has 1 aromatic heterocycles. The molecule has 8 nitrogen and oxygen atoms in total. The number of hydrogen-bond donors (Lipinski definition) is 2. The van der Waals surface area contributed by atoms with E-state index in [-0.39, 0.29) is 36.9 Å². The minimum Gasteiger partial charge on any atom is -0.491 e. The maximum Gasteiger partial charge on any atom is 0.307 e. The molecule has 3 aromatic rings. The van der Waals surface area contributed by atoms with Crippen molar-refractivity contribution < 1.29 is 24.2 Å². The quantitative estimate of drug-likeness (QED) is 0.416. The highest BCUT2D eigenvalue weighted by Gasteiger charge is 2.18. The topological polar surface area (TPSA) is 103 Å². The second kappa shape index (κ2) is 11.6. The molecule has 0 fully saturated rings. The van der Waals surface area contributed by atoms with Crippen LogP contribution in [-0.2, 0) is 24.3 Å². The number of amides is 1. The van der Waals surface area contributed by atoms with Gasteiger partial charge in [0.15, 0.2) is 0 Å². The van der Waals surface area contributed by atoms with Gasteiger partial charge in [0.2, 0.25) is 5.88 Å². The predicted octanol–water partition coefficient (Wildman–Crippen LogP) is 4.22. The van der Waals surface area contributed by atoms with E-state index >= 15 is 0 Å². The molecule has 174 valence electrons. The Balaban J connectivity index is 1.64. The molecule has 0 aliphatic carbocycles. The molecule has 1 amide bonds. The summed E-state index contributed by atoms with van der Waals surface area (Å²) in [5, 5.41) is 17.1. The van der Waals surface area contributed by atoms with Crippen molar-refractivity contribution in [2.24, 2.45) is 0 Å². The summed E-state index contributed by atoms with van der Waals surface area (Å²) in [5.41, 5.74) is 1.60. The first-order chi connectivity index (χ1) is 15.9. The number of carbonyl (C=O) groups is 2. The monoisotopic (exact) mass is 491 g/mol. The largest absolute Gasteiger partial charge is 0.491 e. The van der Waals surface area contributed by atoms with E-state index in [9.17, 15) is 9.59 Å². The molecular formula is C23H23Cl2N3O5. The fourth-order valence-corrected chi connectivity index (χ4v) is 3.53. The molecule has 0 atom stereocenters. The normalized spacial score (nSPS) is 10.6. The van der Waals surface area contributed by atoms with E-state index in [0.29, 0.717) is 34.5 Å². The van der Waals surface area contributed by atoms with Crippen LogP contribution in [0.25, 0.3) is 0 Å². The van der Waals surface area contributed by atoms with Crippen molar-refractivity contribution in [1.29, 1.82) is 0 Å². The third-order valence-corrected chi connectivity index (χ3v) is 5.19. The molecule has 1 heterocycles. The van der Waals surface area contributed by atoms with E-state index in [1.807, 2.05) is 0 Å². The van der Waals surface area contributed by atoms with Gasteiger partial charge in [0.05, 0.1) is 19.6 Å². The van der Waals surface area contributed by atoms with Crippen LogP contribution in [0.4, 0.5) is 0 Å². The lowest BCUT2D eigenvalue weighted by Gasteiger charge is -2.10. The molecule has 3 rings (SSSR count). The number of ether oxygens (including phenoxy) is 2. The number of carbonyl (C=O) groups excluding carboxylic acids is 1. The Bertz CT molecular complexity index is 1130. The molecule has 0 saturated heterocycles. The fraction of sp³-hybridized carbons (Fsp3) is 0.261. The minimum atomic E-state index is -0.935. The van der Waals surface area contributed by atoms with Crippen molar-refractivity contribution >= 4 is 35.1 Å². The fourth-order valence-electron chi connectivity index (χ4n) is 3.06. The molecule has 2 aromatic carbocycles. The number of carboxylic acid groups (broad SMARTS) is 1. The molecule has 2 N–H and O–H groups in total. The Morgan fingerprint density at radius 1 is 1.12 bits per heavy atom. The van der Waals surface area contributed by atoms with Crippen LogP contribution in [0.3, 0.4) is 0 Å². The van der Waals surface area contributed by atoms with Gasteiger partial charge in [-0.25, -0.2) is 0 Å². The first kappa shape index (κ1) is 24.4. The zero-order chi connectivity index (χ0) is 23.8. The molecule has 0 spiro atoms. The van der Waals surface area contributed by atoms with Crippen molar-refractivity contribution in [1.82, 2.24) is 15.1 Å². The Morgan fingerprint density at radius 2 is 1.91 bits per heavy atom. The van der Waals surface area contributed by atoms with E-state index in [1.54, 1.807) is 60.3 Å².